The molecule has 0 spiro atoms. The van der Waals surface area contributed by atoms with E-state index in [1.165, 1.54) is 48.0 Å². The second kappa shape index (κ2) is 14.7. The van der Waals surface area contributed by atoms with Crippen LogP contribution in [0.4, 0.5) is 5.69 Å². The summed E-state index contributed by atoms with van der Waals surface area (Å²) in [5.41, 5.74) is 1.03. The molecule has 0 bridgehead atoms. The zero-order chi connectivity index (χ0) is 30.1. The summed E-state index contributed by atoms with van der Waals surface area (Å²) in [6, 6.07) is 13.5. The number of nitro benzene ring substituents is 1. The van der Waals surface area contributed by atoms with Crippen LogP contribution in [-0.2, 0) is 35.2 Å². The molecule has 2 heterocycles. The van der Waals surface area contributed by atoms with Gasteiger partial charge in [-0.3, -0.25) is 24.6 Å². The molecule has 2 unspecified atom stereocenters. The fourth-order valence-electron chi connectivity index (χ4n) is 4.42. The Morgan fingerprint density at radius 3 is 2.45 bits per heavy atom. The molecule has 2 aliphatic rings. The summed E-state index contributed by atoms with van der Waals surface area (Å²) in [6.07, 6.45) is 0. The highest BCUT2D eigenvalue weighted by molar-refractivity contribution is 7.99. The van der Waals surface area contributed by atoms with Crippen molar-refractivity contribution in [3.63, 3.8) is 0 Å². The molecule has 4 rings (SSSR count). The highest BCUT2D eigenvalue weighted by atomic mass is 32.2. The molecule has 2 aromatic carbocycles. The van der Waals surface area contributed by atoms with Crippen molar-refractivity contribution < 1.29 is 38.3 Å². The highest BCUT2D eigenvalue weighted by Gasteiger charge is 2.52. The van der Waals surface area contributed by atoms with Gasteiger partial charge in [0.05, 0.1) is 24.1 Å². The summed E-state index contributed by atoms with van der Waals surface area (Å²) in [4.78, 5) is 53.5. The smallest absolute Gasteiger partial charge is 0.357 e. The minimum Gasteiger partial charge on any atom is -0.484 e. The predicted octanol–water partition coefficient (Wildman–Crippen LogP) is 2.27. The zero-order valence-electron chi connectivity index (χ0n) is 23.2. The van der Waals surface area contributed by atoms with Crippen LogP contribution >= 0.6 is 11.8 Å². The van der Waals surface area contributed by atoms with E-state index in [2.05, 4.69) is 5.32 Å². The molecular weight excluding hydrogens is 568 g/mol. The van der Waals surface area contributed by atoms with Crippen LogP contribution in [0.2, 0.25) is 0 Å². The number of para-hydroxylation sites is 1. The lowest BCUT2D eigenvalue weighted by molar-refractivity contribution is -0.384. The van der Waals surface area contributed by atoms with Crippen molar-refractivity contribution in [2.75, 3.05) is 46.0 Å². The molecule has 2 aliphatic heterocycles. The molecule has 2 saturated heterocycles. The van der Waals surface area contributed by atoms with Gasteiger partial charge in [-0.1, -0.05) is 18.2 Å². The van der Waals surface area contributed by atoms with Crippen molar-refractivity contribution >= 4 is 35.2 Å². The number of thioether (sulfide) groups is 1. The lowest BCUT2D eigenvalue weighted by atomic mass is 10.0. The van der Waals surface area contributed by atoms with Gasteiger partial charge in [0.1, 0.15) is 29.5 Å². The SMILES string of the molecule is COCSC1C(NC(=O)COc2ccccc2)C(=O)N1C(C(=O)OCc1ccc([N+](=O)[O-])cc1)=C(C)N1CCOCC1. The topological polar surface area (TPSA) is 150 Å². The predicted molar refractivity (Wildman–Crippen MR) is 152 cm³/mol. The minimum atomic E-state index is -0.924. The number of carbonyl (C=O) groups is 3. The summed E-state index contributed by atoms with van der Waals surface area (Å²) in [5, 5.41) is 13.0. The lowest BCUT2D eigenvalue weighted by Gasteiger charge is -2.47. The summed E-state index contributed by atoms with van der Waals surface area (Å²) in [7, 11) is 1.51. The Kier molecular flexibility index (Phi) is 10.8. The van der Waals surface area contributed by atoms with Crippen molar-refractivity contribution in [3.8, 4) is 5.75 Å². The Hall–Kier alpha value is -4.14. The third-order valence-electron chi connectivity index (χ3n) is 6.61. The Morgan fingerprint density at radius 2 is 1.81 bits per heavy atom. The average molecular weight is 601 g/mol. The Labute approximate surface area is 246 Å². The first kappa shape index (κ1) is 30.8. The van der Waals surface area contributed by atoms with Crippen molar-refractivity contribution in [2.24, 2.45) is 0 Å². The van der Waals surface area contributed by atoms with Gasteiger partial charge in [0, 0.05) is 38.0 Å². The number of rotatable bonds is 13. The number of benzene rings is 2. The van der Waals surface area contributed by atoms with E-state index in [9.17, 15) is 24.5 Å². The van der Waals surface area contributed by atoms with Crippen molar-refractivity contribution in [2.45, 2.75) is 24.9 Å². The van der Waals surface area contributed by atoms with Crippen LogP contribution in [0.1, 0.15) is 12.5 Å². The van der Waals surface area contributed by atoms with Gasteiger partial charge >= 0.3 is 5.97 Å². The maximum atomic E-state index is 13.6. The number of nitrogens with one attached hydrogen (secondary N) is 1. The van der Waals surface area contributed by atoms with E-state index in [0.717, 1.165) is 0 Å². The number of esters is 1. The lowest BCUT2D eigenvalue weighted by Crippen LogP contribution is -2.70. The normalized spacial score (nSPS) is 19.0. The quantitative estimate of drug-likeness (QED) is 0.0901. The fraction of sp³-hybridized carbons (Fsp3) is 0.393. The van der Waals surface area contributed by atoms with Gasteiger partial charge < -0.3 is 29.2 Å². The molecule has 0 aromatic heterocycles. The Bertz CT molecular complexity index is 1300. The number of β-lactam (4-membered cyclic amide) rings is 1. The molecule has 2 amide bonds. The van der Waals surface area contributed by atoms with Crippen molar-refractivity contribution in [1.29, 1.82) is 0 Å². The molecular formula is C28H32N4O9S. The number of morpholine rings is 1. The van der Waals surface area contributed by atoms with Gasteiger partial charge in [0.25, 0.3) is 17.5 Å². The number of hydrogen-bond acceptors (Lipinski definition) is 11. The average Bonchev–Trinajstić information content (AvgIpc) is 3.02. The number of allylic oxidation sites excluding steroid dienone is 1. The number of nitro groups is 1. The standard InChI is InChI=1S/C28H32N4O9S/c1-19(30-12-14-39-15-13-30)25(28(35)41-16-20-8-10-21(11-9-20)32(36)37)31-26(34)24(27(31)42-18-38-2)29-23(33)17-40-22-6-4-3-5-7-22/h3-11,24,27H,12-18H2,1-2H3,(H,29,33). The number of hydrogen-bond donors (Lipinski definition) is 1. The van der Waals surface area contributed by atoms with Gasteiger partial charge in [-0.2, -0.15) is 0 Å². The summed E-state index contributed by atoms with van der Waals surface area (Å²) in [6.45, 7) is 3.23. The van der Waals surface area contributed by atoms with Gasteiger partial charge in [0.15, 0.2) is 6.61 Å². The van der Waals surface area contributed by atoms with Crippen LogP contribution in [0.3, 0.4) is 0 Å². The summed E-state index contributed by atoms with van der Waals surface area (Å²) in [5.74, 6) is -1.00. The van der Waals surface area contributed by atoms with E-state index in [0.29, 0.717) is 43.3 Å². The molecule has 13 nitrogen and oxygen atoms in total. The van der Waals surface area contributed by atoms with Gasteiger partial charge in [-0.05, 0) is 36.8 Å². The molecule has 2 atom stereocenters. The number of carbonyl (C=O) groups excluding carboxylic acids is 3. The number of ether oxygens (including phenoxy) is 4. The molecule has 0 saturated carbocycles. The van der Waals surface area contributed by atoms with Gasteiger partial charge in [0.2, 0.25) is 0 Å². The van der Waals surface area contributed by atoms with Crippen LogP contribution in [0.25, 0.3) is 0 Å². The summed E-state index contributed by atoms with van der Waals surface area (Å²) >= 11 is 1.25. The Balaban J connectivity index is 1.52. The van der Waals surface area contributed by atoms with E-state index in [4.69, 9.17) is 18.9 Å². The van der Waals surface area contributed by atoms with Crippen LogP contribution in [-0.4, -0.2) is 89.9 Å². The van der Waals surface area contributed by atoms with E-state index < -0.39 is 34.1 Å². The number of amides is 2. The maximum Gasteiger partial charge on any atom is 0.357 e. The van der Waals surface area contributed by atoms with Crippen LogP contribution in [0, 0.1) is 10.1 Å². The second-order valence-electron chi connectivity index (χ2n) is 9.35. The van der Waals surface area contributed by atoms with Crippen molar-refractivity contribution in [1.82, 2.24) is 15.1 Å². The molecule has 0 radical (unpaired) electrons. The molecule has 2 fully saturated rings. The van der Waals surface area contributed by atoms with Gasteiger partial charge in [-0.15, -0.1) is 11.8 Å². The van der Waals surface area contributed by atoms with E-state index in [1.807, 2.05) is 11.0 Å². The first-order valence-electron chi connectivity index (χ1n) is 13.1. The Morgan fingerprint density at radius 1 is 1.12 bits per heavy atom. The largest absolute Gasteiger partial charge is 0.484 e. The van der Waals surface area contributed by atoms with Crippen LogP contribution < -0.4 is 10.1 Å². The van der Waals surface area contributed by atoms with Crippen molar-refractivity contribution in [3.05, 3.63) is 81.7 Å². The molecule has 0 aliphatic carbocycles. The number of nitrogens with zero attached hydrogens (tertiary/aromatic N) is 3. The van der Waals surface area contributed by atoms with E-state index >= 15 is 0 Å². The third-order valence-corrected chi connectivity index (χ3v) is 7.81. The molecule has 42 heavy (non-hydrogen) atoms. The van der Waals surface area contributed by atoms with Crippen LogP contribution in [0.15, 0.2) is 66.0 Å². The van der Waals surface area contributed by atoms with E-state index in [-0.39, 0.29) is 30.5 Å². The monoisotopic (exact) mass is 600 g/mol. The molecule has 1 N–H and O–H groups in total. The fourth-order valence-corrected chi connectivity index (χ4v) is 5.43. The molecule has 2 aromatic rings. The van der Waals surface area contributed by atoms with Crippen LogP contribution in [0.5, 0.6) is 5.75 Å². The zero-order valence-corrected chi connectivity index (χ0v) is 24.0. The second-order valence-corrected chi connectivity index (χ2v) is 10.4. The number of methoxy groups -OCH3 is 1. The molecule has 224 valence electrons. The number of likely N-dealkylation sites (tertiary alicyclic amines) is 1. The maximum absolute atomic E-state index is 13.6. The summed E-state index contributed by atoms with van der Waals surface area (Å²) < 4.78 is 21.8. The highest BCUT2D eigenvalue weighted by Crippen LogP contribution is 2.36. The third kappa shape index (κ3) is 7.57. The first-order chi connectivity index (χ1) is 20.3. The van der Waals surface area contributed by atoms with Gasteiger partial charge in [-0.25, -0.2) is 4.79 Å². The van der Waals surface area contributed by atoms with E-state index in [1.54, 1.807) is 31.2 Å². The minimum absolute atomic E-state index is 0.0449. The number of non-ortho nitro benzene ring substituents is 1. The molecule has 14 heteroatoms. The first-order valence-corrected chi connectivity index (χ1v) is 14.2.